The van der Waals surface area contributed by atoms with Crippen molar-refractivity contribution >= 4 is 23.5 Å². The van der Waals surface area contributed by atoms with E-state index >= 15 is 0 Å². The summed E-state index contributed by atoms with van der Waals surface area (Å²) in [6.07, 6.45) is 2.19. The topological polar surface area (TPSA) is 77.6 Å². The van der Waals surface area contributed by atoms with Gasteiger partial charge in [0.05, 0.1) is 23.0 Å². The smallest absolute Gasteiger partial charge is 0.251 e. The fraction of sp³-hybridized carbons (Fsp3) is 0.368. The Hall–Kier alpha value is -2.67. The van der Waals surface area contributed by atoms with Gasteiger partial charge in [0, 0.05) is 0 Å². The zero-order valence-corrected chi connectivity index (χ0v) is 16.7. The van der Waals surface area contributed by atoms with Crippen LogP contribution in [0.25, 0.3) is 0 Å². The first-order chi connectivity index (χ1) is 12.9. The van der Waals surface area contributed by atoms with Crippen LogP contribution in [0.5, 0.6) is 0 Å². The van der Waals surface area contributed by atoms with Gasteiger partial charge in [0.1, 0.15) is 12.4 Å². The van der Waals surface area contributed by atoms with Crippen molar-refractivity contribution in [2.24, 2.45) is 0 Å². The van der Waals surface area contributed by atoms with Gasteiger partial charge in [0.15, 0.2) is 0 Å². The van der Waals surface area contributed by atoms with Gasteiger partial charge in [-0.15, -0.1) is 5.10 Å². The summed E-state index contributed by atoms with van der Waals surface area (Å²) in [5, 5.41) is 12.1. The minimum absolute atomic E-state index is 0.215. The Morgan fingerprint density at radius 2 is 1.89 bits per heavy atom. The molecule has 3 aromatic rings. The molecule has 1 N–H and O–H groups in total. The molecule has 0 radical (unpaired) electrons. The van der Waals surface area contributed by atoms with E-state index in [-0.39, 0.29) is 11.9 Å². The zero-order valence-electron chi connectivity index (χ0n) is 15.9. The zero-order chi connectivity index (χ0) is 19.6. The van der Waals surface area contributed by atoms with Gasteiger partial charge in [0.25, 0.3) is 5.91 Å². The van der Waals surface area contributed by atoms with Crippen LogP contribution in [0.4, 0.5) is 5.95 Å². The molecule has 7 nitrogen and oxygen atoms in total. The molecule has 142 valence electrons. The predicted molar refractivity (Wildman–Crippen MR) is 105 cm³/mol. The number of rotatable bonds is 6. The maximum atomic E-state index is 12.7. The van der Waals surface area contributed by atoms with Crippen molar-refractivity contribution in [3.05, 3.63) is 58.1 Å². The van der Waals surface area contributed by atoms with Crippen molar-refractivity contribution < 1.29 is 4.79 Å². The molecule has 2 heterocycles. The molecule has 1 amide bonds. The Labute approximate surface area is 163 Å². The normalized spacial score (nSPS) is 12.2. The summed E-state index contributed by atoms with van der Waals surface area (Å²) in [5.41, 5.74) is 3.81. The highest BCUT2D eigenvalue weighted by Crippen LogP contribution is 2.24. The average molecular weight is 387 g/mol. The van der Waals surface area contributed by atoms with Crippen LogP contribution in [0.15, 0.2) is 30.6 Å². The number of nitrogens with zero attached hydrogens (tertiary/aromatic N) is 5. The van der Waals surface area contributed by atoms with Crippen molar-refractivity contribution in [1.29, 1.82) is 0 Å². The highest BCUT2D eigenvalue weighted by Gasteiger charge is 2.24. The first-order valence-electron chi connectivity index (χ1n) is 8.86. The number of benzene rings is 1. The van der Waals surface area contributed by atoms with Crippen molar-refractivity contribution in [3.8, 4) is 0 Å². The van der Waals surface area contributed by atoms with Crippen molar-refractivity contribution in [2.45, 2.75) is 46.7 Å². The lowest BCUT2D eigenvalue weighted by atomic mass is 10.1. The summed E-state index contributed by atoms with van der Waals surface area (Å²) in [7, 11) is 0. The second-order valence-electron chi connectivity index (χ2n) is 6.59. The summed E-state index contributed by atoms with van der Waals surface area (Å²) < 4.78 is 3.36. The number of hydrogen-bond acceptors (Lipinski definition) is 4. The Morgan fingerprint density at radius 3 is 2.48 bits per heavy atom. The molecule has 1 atom stereocenters. The molecule has 0 saturated carbocycles. The lowest BCUT2D eigenvalue weighted by Gasteiger charge is -2.16. The summed E-state index contributed by atoms with van der Waals surface area (Å²) in [6.45, 7) is 8.25. The van der Waals surface area contributed by atoms with Gasteiger partial charge in [0.2, 0.25) is 5.95 Å². The molecule has 0 fully saturated rings. The number of nitrogens with one attached hydrogen (secondary N) is 1. The first kappa shape index (κ1) is 19.1. The number of carbonyl (C=O) groups is 1. The van der Waals surface area contributed by atoms with E-state index < -0.39 is 6.04 Å². The Morgan fingerprint density at radius 1 is 1.19 bits per heavy atom. The molecule has 0 bridgehead atoms. The monoisotopic (exact) mass is 386 g/mol. The molecule has 27 heavy (non-hydrogen) atoms. The summed E-state index contributed by atoms with van der Waals surface area (Å²) in [4.78, 5) is 16.9. The predicted octanol–water partition coefficient (Wildman–Crippen LogP) is 3.69. The number of aryl methyl sites for hydroxylation is 2. The number of hydrogen-bond donors (Lipinski definition) is 1. The molecule has 0 aliphatic heterocycles. The molecule has 3 rings (SSSR count). The third kappa shape index (κ3) is 4.19. The quantitative estimate of drug-likeness (QED) is 0.700. The maximum Gasteiger partial charge on any atom is 0.251 e. The van der Waals surface area contributed by atoms with E-state index in [4.69, 9.17) is 11.6 Å². The molecular weight excluding hydrogens is 364 g/mol. The maximum absolute atomic E-state index is 12.7. The van der Waals surface area contributed by atoms with E-state index in [2.05, 4.69) is 44.8 Å². The van der Waals surface area contributed by atoms with E-state index in [0.29, 0.717) is 23.7 Å². The third-order valence-electron chi connectivity index (χ3n) is 4.46. The van der Waals surface area contributed by atoms with Crippen LogP contribution in [-0.4, -0.2) is 30.5 Å². The molecule has 8 heteroatoms. The SMILES string of the molecule is CCC(C(=O)Nc1ncn(Cc2ccc(C)cc2)n1)n1nc(C)c(Cl)c1C. The van der Waals surface area contributed by atoms with Crippen molar-refractivity contribution in [1.82, 2.24) is 24.5 Å². The Kier molecular flexibility index (Phi) is 5.60. The number of carbonyl (C=O) groups excluding carboxylic acids is 1. The van der Waals surface area contributed by atoms with Gasteiger partial charge >= 0.3 is 0 Å². The molecule has 2 aromatic heterocycles. The van der Waals surface area contributed by atoms with Crippen LogP contribution in [0, 0.1) is 20.8 Å². The summed E-state index contributed by atoms with van der Waals surface area (Å²) in [6, 6.07) is 7.74. The fourth-order valence-corrected chi connectivity index (χ4v) is 3.04. The molecule has 0 spiro atoms. The van der Waals surface area contributed by atoms with Gasteiger partial charge in [-0.05, 0) is 32.8 Å². The van der Waals surface area contributed by atoms with Crippen molar-refractivity contribution in [2.75, 3.05) is 5.32 Å². The van der Waals surface area contributed by atoms with E-state index in [0.717, 1.165) is 11.3 Å². The van der Waals surface area contributed by atoms with Crippen LogP contribution in [0.2, 0.25) is 5.02 Å². The summed E-state index contributed by atoms with van der Waals surface area (Å²) >= 11 is 6.21. The van der Waals surface area contributed by atoms with E-state index in [1.54, 1.807) is 15.7 Å². The van der Waals surface area contributed by atoms with E-state index in [9.17, 15) is 4.79 Å². The van der Waals surface area contributed by atoms with Gasteiger partial charge in [-0.1, -0.05) is 48.4 Å². The lowest BCUT2D eigenvalue weighted by molar-refractivity contribution is -0.119. The standard InChI is InChI=1S/C19H23ClN6O/c1-5-16(26-14(4)17(20)13(3)23-26)18(27)22-19-21-11-25(24-19)10-15-8-6-12(2)7-9-15/h6-9,11,16H,5,10H2,1-4H3,(H,22,24,27). The molecule has 1 aromatic carbocycles. The number of anilines is 1. The highest BCUT2D eigenvalue weighted by molar-refractivity contribution is 6.31. The Balaban J connectivity index is 1.70. The second kappa shape index (κ2) is 7.92. The van der Waals surface area contributed by atoms with Gasteiger partial charge in [-0.25, -0.2) is 9.67 Å². The molecule has 0 aliphatic rings. The fourth-order valence-electron chi connectivity index (χ4n) is 2.92. The van der Waals surface area contributed by atoms with Gasteiger partial charge < -0.3 is 0 Å². The molecule has 0 aliphatic carbocycles. The highest BCUT2D eigenvalue weighted by atomic mass is 35.5. The average Bonchev–Trinajstić information content (AvgIpc) is 3.18. The molecule has 0 saturated heterocycles. The van der Waals surface area contributed by atoms with Crippen LogP contribution in [0.3, 0.4) is 0 Å². The molecule has 1 unspecified atom stereocenters. The van der Waals surface area contributed by atoms with Gasteiger partial charge in [-0.3, -0.25) is 14.8 Å². The molecular formula is C19H23ClN6O. The van der Waals surface area contributed by atoms with Crippen LogP contribution in [-0.2, 0) is 11.3 Å². The lowest BCUT2D eigenvalue weighted by Crippen LogP contribution is -2.27. The van der Waals surface area contributed by atoms with Crippen LogP contribution in [0.1, 0.15) is 41.9 Å². The van der Waals surface area contributed by atoms with Crippen LogP contribution >= 0.6 is 11.6 Å². The minimum atomic E-state index is -0.472. The number of amides is 1. The number of halogens is 1. The van der Waals surface area contributed by atoms with E-state index in [1.807, 2.05) is 27.7 Å². The van der Waals surface area contributed by atoms with Gasteiger partial charge in [-0.2, -0.15) is 5.10 Å². The van der Waals surface area contributed by atoms with E-state index in [1.165, 1.54) is 5.56 Å². The van der Waals surface area contributed by atoms with Crippen LogP contribution < -0.4 is 5.32 Å². The second-order valence-corrected chi connectivity index (χ2v) is 6.97. The van der Waals surface area contributed by atoms with Crippen molar-refractivity contribution in [3.63, 3.8) is 0 Å². The summed E-state index contributed by atoms with van der Waals surface area (Å²) in [5.74, 6) is 0.0612. The largest absolute Gasteiger partial charge is 0.291 e. The number of aromatic nitrogens is 5. The third-order valence-corrected chi connectivity index (χ3v) is 5.00. The first-order valence-corrected chi connectivity index (χ1v) is 9.24. The minimum Gasteiger partial charge on any atom is -0.291 e. The Bertz CT molecular complexity index is 944.